The average molecular weight is 392 g/mol. The fourth-order valence-corrected chi connectivity index (χ4v) is 3.23. The van der Waals surface area contributed by atoms with Gasteiger partial charge < -0.3 is 4.18 Å². The Hall–Kier alpha value is -2.74. The summed E-state index contributed by atoms with van der Waals surface area (Å²) in [6, 6.07) is 11.2. The Morgan fingerprint density at radius 1 is 0.926 bits per heavy atom. The van der Waals surface area contributed by atoms with Crippen LogP contribution in [0.4, 0.5) is 8.78 Å². The molecular formula is C19H18F2N2O3S. The molecule has 1 heterocycles. The van der Waals surface area contributed by atoms with E-state index in [4.69, 9.17) is 4.18 Å². The molecule has 8 heteroatoms. The van der Waals surface area contributed by atoms with Crippen molar-refractivity contribution >= 4 is 10.1 Å². The predicted octanol–water partition coefficient (Wildman–Crippen LogP) is 4.22. The van der Waals surface area contributed by atoms with Gasteiger partial charge in [0.25, 0.3) is 0 Å². The van der Waals surface area contributed by atoms with Crippen molar-refractivity contribution < 1.29 is 21.4 Å². The van der Waals surface area contributed by atoms with Gasteiger partial charge in [-0.05, 0) is 48.5 Å². The van der Waals surface area contributed by atoms with Gasteiger partial charge in [-0.15, -0.1) is 0 Å². The van der Waals surface area contributed by atoms with Crippen molar-refractivity contribution in [3.8, 4) is 11.6 Å². The largest absolute Gasteiger partial charge is 0.358 e. The highest BCUT2D eigenvalue weighted by Gasteiger charge is 2.25. The zero-order chi connectivity index (χ0) is 19.8. The minimum absolute atomic E-state index is 0.0455. The molecule has 0 atom stereocenters. The Morgan fingerprint density at radius 3 is 1.96 bits per heavy atom. The van der Waals surface area contributed by atoms with Crippen molar-refractivity contribution in [2.45, 2.75) is 31.1 Å². The summed E-state index contributed by atoms with van der Waals surface area (Å²) in [6.07, 6.45) is 0. The predicted molar refractivity (Wildman–Crippen MR) is 96.4 cm³/mol. The first-order chi connectivity index (χ1) is 12.6. The lowest BCUT2D eigenvalue weighted by molar-refractivity contribution is 0.464. The lowest BCUT2D eigenvalue weighted by atomic mass is 9.93. The standard InChI is InChI=1S/C19H18F2N2O3S/c1-19(2,3)17-12-18(23(22-17)15-8-4-13(20)5-9-15)26-27(24,25)16-10-6-14(21)7-11-16/h4-12H,1-3H3. The molecule has 0 saturated heterocycles. The number of halogens is 2. The number of nitrogens with zero attached hydrogens (tertiary/aromatic N) is 2. The molecule has 0 bridgehead atoms. The molecule has 5 nitrogen and oxygen atoms in total. The van der Waals surface area contributed by atoms with Gasteiger partial charge in [0.2, 0.25) is 5.88 Å². The highest BCUT2D eigenvalue weighted by atomic mass is 32.2. The number of rotatable bonds is 4. The summed E-state index contributed by atoms with van der Waals surface area (Å²) in [4.78, 5) is -0.187. The quantitative estimate of drug-likeness (QED) is 0.624. The highest BCUT2D eigenvalue weighted by molar-refractivity contribution is 7.87. The van der Waals surface area contributed by atoms with Gasteiger partial charge in [0.15, 0.2) is 0 Å². The van der Waals surface area contributed by atoms with Crippen LogP contribution in [0, 0.1) is 11.6 Å². The molecule has 0 N–H and O–H groups in total. The van der Waals surface area contributed by atoms with Crippen molar-refractivity contribution in [3.63, 3.8) is 0 Å². The van der Waals surface area contributed by atoms with E-state index in [9.17, 15) is 17.2 Å². The molecule has 142 valence electrons. The molecule has 0 radical (unpaired) electrons. The summed E-state index contributed by atoms with van der Waals surface area (Å²) >= 11 is 0. The Morgan fingerprint density at radius 2 is 1.44 bits per heavy atom. The van der Waals surface area contributed by atoms with Crippen LogP contribution in [0.3, 0.4) is 0 Å². The number of hydrogen-bond acceptors (Lipinski definition) is 4. The van der Waals surface area contributed by atoms with Crippen LogP contribution in [-0.4, -0.2) is 18.2 Å². The fraction of sp³-hybridized carbons (Fsp3) is 0.211. The summed E-state index contributed by atoms with van der Waals surface area (Å²) < 4.78 is 58.0. The smallest absolute Gasteiger partial charge is 0.340 e. The van der Waals surface area contributed by atoms with E-state index >= 15 is 0 Å². The van der Waals surface area contributed by atoms with Crippen LogP contribution in [0.2, 0.25) is 0 Å². The second-order valence-corrected chi connectivity index (χ2v) is 8.54. The molecule has 3 aromatic rings. The van der Waals surface area contributed by atoms with E-state index < -0.39 is 21.8 Å². The second kappa shape index (κ2) is 6.77. The molecule has 0 amide bonds. The van der Waals surface area contributed by atoms with Crippen LogP contribution in [0.1, 0.15) is 26.5 Å². The molecule has 0 aliphatic carbocycles. The van der Waals surface area contributed by atoms with E-state index in [1.54, 1.807) is 0 Å². The Bertz CT molecular complexity index is 1050. The molecule has 1 aromatic heterocycles. The van der Waals surface area contributed by atoms with Gasteiger partial charge >= 0.3 is 10.1 Å². The Labute approximate surface area is 156 Å². The van der Waals surface area contributed by atoms with Crippen LogP contribution in [-0.2, 0) is 15.5 Å². The minimum Gasteiger partial charge on any atom is -0.358 e. The van der Waals surface area contributed by atoms with Crippen molar-refractivity contribution in [2.75, 3.05) is 0 Å². The van der Waals surface area contributed by atoms with Crippen LogP contribution >= 0.6 is 0 Å². The van der Waals surface area contributed by atoms with Crippen molar-refractivity contribution in [1.29, 1.82) is 0 Å². The Kier molecular flexibility index (Phi) is 4.77. The molecule has 0 aliphatic rings. The van der Waals surface area contributed by atoms with Gasteiger partial charge in [0, 0.05) is 11.5 Å². The van der Waals surface area contributed by atoms with Crippen molar-refractivity contribution in [2.24, 2.45) is 0 Å². The number of aromatic nitrogens is 2. The summed E-state index contributed by atoms with van der Waals surface area (Å²) in [5, 5.41) is 4.42. The highest BCUT2D eigenvalue weighted by Crippen LogP contribution is 2.29. The third kappa shape index (κ3) is 4.16. The van der Waals surface area contributed by atoms with Gasteiger partial charge in [-0.25, -0.2) is 8.78 Å². The average Bonchev–Trinajstić information content (AvgIpc) is 2.99. The molecule has 2 aromatic carbocycles. The lowest BCUT2D eigenvalue weighted by Gasteiger charge is -2.13. The van der Waals surface area contributed by atoms with Gasteiger partial charge in [0.05, 0.1) is 11.4 Å². The first-order valence-electron chi connectivity index (χ1n) is 8.13. The van der Waals surface area contributed by atoms with Gasteiger partial charge in [-0.3, -0.25) is 0 Å². The first-order valence-corrected chi connectivity index (χ1v) is 9.54. The molecule has 0 fully saturated rings. The van der Waals surface area contributed by atoms with Gasteiger partial charge in [-0.2, -0.15) is 18.2 Å². The summed E-state index contributed by atoms with van der Waals surface area (Å²) in [5.74, 6) is -1.03. The Balaban J connectivity index is 2.07. The molecule has 27 heavy (non-hydrogen) atoms. The monoisotopic (exact) mass is 392 g/mol. The maximum absolute atomic E-state index is 13.2. The van der Waals surface area contributed by atoms with Gasteiger partial charge in [-0.1, -0.05) is 20.8 Å². The SMILES string of the molecule is CC(C)(C)c1cc(OS(=O)(=O)c2ccc(F)cc2)n(-c2ccc(F)cc2)n1. The normalized spacial score (nSPS) is 12.2. The van der Waals surface area contributed by atoms with E-state index in [1.807, 2.05) is 20.8 Å². The third-order valence-corrected chi connectivity index (χ3v) is 5.05. The van der Waals surface area contributed by atoms with Crippen LogP contribution in [0.5, 0.6) is 5.88 Å². The molecular weight excluding hydrogens is 374 g/mol. The number of hydrogen-bond donors (Lipinski definition) is 0. The lowest BCUT2D eigenvalue weighted by Crippen LogP contribution is -2.13. The zero-order valence-electron chi connectivity index (χ0n) is 15.0. The van der Waals surface area contributed by atoms with Gasteiger partial charge in [0.1, 0.15) is 16.5 Å². The summed E-state index contributed by atoms with van der Waals surface area (Å²) in [7, 11) is -4.20. The van der Waals surface area contributed by atoms with Crippen molar-refractivity contribution in [1.82, 2.24) is 9.78 Å². The van der Waals surface area contributed by atoms with Crippen LogP contribution in [0.15, 0.2) is 59.5 Å². The second-order valence-electron chi connectivity index (χ2n) is 7.00. The maximum atomic E-state index is 13.2. The van der Waals surface area contributed by atoms with E-state index in [0.29, 0.717) is 11.4 Å². The zero-order valence-corrected chi connectivity index (χ0v) is 15.8. The third-order valence-electron chi connectivity index (χ3n) is 3.81. The van der Waals surface area contributed by atoms with E-state index in [0.717, 1.165) is 24.3 Å². The number of benzene rings is 2. The van der Waals surface area contributed by atoms with Crippen LogP contribution in [0.25, 0.3) is 5.69 Å². The molecule has 0 aliphatic heterocycles. The molecule has 0 unspecified atom stereocenters. The first kappa shape index (κ1) is 19.0. The molecule has 0 saturated carbocycles. The molecule has 0 spiro atoms. The maximum Gasteiger partial charge on any atom is 0.340 e. The topological polar surface area (TPSA) is 61.2 Å². The summed E-state index contributed by atoms with van der Waals surface area (Å²) in [5.41, 5.74) is 0.663. The van der Waals surface area contributed by atoms with Crippen molar-refractivity contribution in [3.05, 3.63) is 71.9 Å². The van der Waals surface area contributed by atoms with E-state index in [-0.39, 0.29) is 16.2 Å². The van der Waals surface area contributed by atoms with E-state index in [1.165, 1.54) is 35.0 Å². The molecule has 3 rings (SSSR count). The fourth-order valence-electron chi connectivity index (χ4n) is 2.32. The minimum atomic E-state index is -4.20. The summed E-state index contributed by atoms with van der Waals surface area (Å²) in [6.45, 7) is 5.76. The van der Waals surface area contributed by atoms with E-state index in [2.05, 4.69) is 5.10 Å². The van der Waals surface area contributed by atoms with Crippen LogP contribution < -0.4 is 4.18 Å².